The molecule has 7 nitrogen and oxygen atoms in total. The molecular weight excluding hydrogens is 321 g/mol. The molecule has 1 fully saturated rings. The van der Waals surface area contributed by atoms with Crippen LogP contribution in [0, 0.1) is 5.82 Å². The van der Waals surface area contributed by atoms with Crippen molar-refractivity contribution in [1.29, 1.82) is 0 Å². The number of aliphatic imine (C=N–C) groups is 1. The van der Waals surface area contributed by atoms with Crippen LogP contribution in [0.1, 0.15) is 12.7 Å². The molecule has 134 valence electrons. The molecule has 3 rings (SSSR count). The van der Waals surface area contributed by atoms with Crippen LogP contribution in [0.15, 0.2) is 35.6 Å². The summed E-state index contributed by atoms with van der Waals surface area (Å²) in [5.41, 5.74) is 1.06. The lowest BCUT2D eigenvalue weighted by Gasteiger charge is -2.37. The maximum Gasteiger partial charge on any atom is 0.194 e. The van der Waals surface area contributed by atoms with E-state index in [-0.39, 0.29) is 5.82 Å². The van der Waals surface area contributed by atoms with Gasteiger partial charge in [0.05, 0.1) is 0 Å². The van der Waals surface area contributed by atoms with Crippen LogP contribution in [-0.4, -0.2) is 58.3 Å². The third-order valence-corrected chi connectivity index (χ3v) is 4.28. The third kappa shape index (κ3) is 4.26. The number of benzene rings is 1. The molecule has 0 spiro atoms. The highest BCUT2D eigenvalue weighted by Gasteiger charge is 2.20. The summed E-state index contributed by atoms with van der Waals surface area (Å²) in [7, 11) is 1.92. The van der Waals surface area contributed by atoms with Gasteiger partial charge in [-0.05, 0) is 31.2 Å². The predicted molar refractivity (Wildman–Crippen MR) is 96.0 cm³/mol. The first kappa shape index (κ1) is 17.2. The Bertz CT molecular complexity index is 702. The summed E-state index contributed by atoms with van der Waals surface area (Å²) in [4.78, 5) is 9.21. The van der Waals surface area contributed by atoms with Crippen LogP contribution in [-0.2, 0) is 13.6 Å². The van der Waals surface area contributed by atoms with Gasteiger partial charge in [0.2, 0.25) is 0 Å². The molecule has 0 bridgehead atoms. The van der Waals surface area contributed by atoms with Gasteiger partial charge in [-0.3, -0.25) is 0 Å². The Hall–Kier alpha value is -2.64. The highest BCUT2D eigenvalue weighted by Crippen LogP contribution is 2.17. The Balaban J connectivity index is 1.62. The normalized spacial score (nSPS) is 15.6. The molecule has 0 radical (unpaired) electrons. The number of halogens is 1. The second-order valence-electron chi connectivity index (χ2n) is 5.98. The van der Waals surface area contributed by atoms with Gasteiger partial charge in [0, 0.05) is 45.5 Å². The van der Waals surface area contributed by atoms with Crippen LogP contribution in [0.2, 0.25) is 0 Å². The van der Waals surface area contributed by atoms with Crippen molar-refractivity contribution in [3.8, 4) is 0 Å². The van der Waals surface area contributed by atoms with Crippen LogP contribution in [0.3, 0.4) is 0 Å². The van der Waals surface area contributed by atoms with Gasteiger partial charge in [-0.15, -0.1) is 10.2 Å². The number of guanidine groups is 1. The first-order valence-electron chi connectivity index (χ1n) is 8.54. The number of hydrogen-bond donors (Lipinski definition) is 1. The summed E-state index contributed by atoms with van der Waals surface area (Å²) in [5, 5.41) is 11.3. The van der Waals surface area contributed by atoms with E-state index in [0.29, 0.717) is 6.54 Å². The Morgan fingerprint density at radius 3 is 2.52 bits per heavy atom. The SMILES string of the molecule is CCNC(=NCc1nncn1C)N1CCN(c2ccc(F)cc2)CC1. The lowest BCUT2D eigenvalue weighted by molar-refractivity contribution is 0.372. The largest absolute Gasteiger partial charge is 0.368 e. The fraction of sp³-hybridized carbons (Fsp3) is 0.471. The molecule has 1 aliphatic heterocycles. The van der Waals surface area contributed by atoms with E-state index in [9.17, 15) is 4.39 Å². The summed E-state index contributed by atoms with van der Waals surface area (Å²) >= 11 is 0. The molecule has 8 heteroatoms. The second kappa shape index (κ2) is 7.96. The molecule has 25 heavy (non-hydrogen) atoms. The fourth-order valence-electron chi connectivity index (χ4n) is 2.85. The van der Waals surface area contributed by atoms with Crippen LogP contribution >= 0.6 is 0 Å². The molecule has 0 saturated carbocycles. The Morgan fingerprint density at radius 1 is 1.20 bits per heavy atom. The molecule has 1 aromatic carbocycles. The van der Waals surface area contributed by atoms with E-state index >= 15 is 0 Å². The molecule has 2 heterocycles. The van der Waals surface area contributed by atoms with Crippen molar-refractivity contribution in [2.75, 3.05) is 37.6 Å². The highest BCUT2D eigenvalue weighted by atomic mass is 19.1. The lowest BCUT2D eigenvalue weighted by Crippen LogP contribution is -2.52. The zero-order chi connectivity index (χ0) is 17.6. The van der Waals surface area contributed by atoms with E-state index < -0.39 is 0 Å². The van der Waals surface area contributed by atoms with Gasteiger partial charge in [0.15, 0.2) is 11.8 Å². The van der Waals surface area contributed by atoms with E-state index in [1.54, 1.807) is 6.33 Å². The quantitative estimate of drug-likeness (QED) is 0.667. The van der Waals surface area contributed by atoms with E-state index in [4.69, 9.17) is 0 Å². The molecule has 2 aromatic rings. The van der Waals surface area contributed by atoms with E-state index in [1.807, 2.05) is 23.7 Å². The Morgan fingerprint density at radius 2 is 1.92 bits per heavy atom. The summed E-state index contributed by atoms with van der Waals surface area (Å²) in [5.74, 6) is 1.53. The zero-order valence-corrected chi connectivity index (χ0v) is 14.7. The lowest BCUT2D eigenvalue weighted by atomic mass is 10.2. The number of nitrogens with zero attached hydrogens (tertiary/aromatic N) is 6. The highest BCUT2D eigenvalue weighted by molar-refractivity contribution is 5.80. The van der Waals surface area contributed by atoms with Gasteiger partial charge in [-0.25, -0.2) is 9.38 Å². The molecule has 1 N–H and O–H groups in total. The van der Waals surface area contributed by atoms with Crippen molar-refractivity contribution in [2.24, 2.45) is 12.0 Å². The summed E-state index contributed by atoms with van der Waals surface area (Å²) in [6.45, 7) is 6.85. The summed E-state index contributed by atoms with van der Waals surface area (Å²) in [6, 6.07) is 6.68. The number of aromatic nitrogens is 3. The van der Waals surface area contributed by atoms with Gasteiger partial charge in [0.1, 0.15) is 18.7 Å². The molecule has 0 amide bonds. The number of aryl methyl sites for hydroxylation is 1. The van der Waals surface area contributed by atoms with Gasteiger partial charge >= 0.3 is 0 Å². The van der Waals surface area contributed by atoms with Crippen molar-refractivity contribution in [1.82, 2.24) is 25.0 Å². The predicted octanol–water partition coefficient (Wildman–Crippen LogP) is 1.24. The van der Waals surface area contributed by atoms with Crippen LogP contribution in [0.5, 0.6) is 0 Å². The molecule has 1 saturated heterocycles. The first-order chi connectivity index (χ1) is 12.2. The minimum Gasteiger partial charge on any atom is -0.368 e. The first-order valence-corrected chi connectivity index (χ1v) is 8.54. The molecule has 1 aromatic heterocycles. The van der Waals surface area contributed by atoms with E-state index in [2.05, 4.69) is 37.2 Å². The molecule has 1 aliphatic rings. The molecule has 0 unspecified atom stereocenters. The standard InChI is InChI=1S/C17H24FN7/c1-3-19-17(20-12-16-22-21-13-23(16)2)25-10-8-24(9-11-25)15-6-4-14(18)5-7-15/h4-7,13H,3,8-12H2,1-2H3,(H,19,20). The van der Waals surface area contributed by atoms with Gasteiger partial charge in [-0.2, -0.15) is 0 Å². The van der Waals surface area contributed by atoms with Crippen molar-refractivity contribution in [3.63, 3.8) is 0 Å². The Labute approximate surface area is 147 Å². The van der Waals surface area contributed by atoms with Crippen molar-refractivity contribution in [3.05, 3.63) is 42.2 Å². The molecular formula is C17H24FN7. The summed E-state index contributed by atoms with van der Waals surface area (Å²) in [6.07, 6.45) is 1.68. The van der Waals surface area contributed by atoms with Gasteiger partial charge in [0.25, 0.3) is 0 Å². The van der Waals surface area contributed by atoms with Crippen molar-refractivity contribution >= 4 is 11.6 Å². The second-order valence-corrected chi connectivity index (χ2v) is 5.98. The maximum absolute atomic E-state index is 13.1. The number of piperazine rings is 1. The van der Waals surface area contributed by atoms with Gasteiger partial charge in [-0.1, -0.05) is 0 Å². The number of hydrogen-bond acceptors (Lipinski definition) is 4. The number of rotatable bonds is 4. The maximum atomic E-state index is 13.1. The van der Waals surface area contributed by atoms with Crippen LogP contribution in [0.25, 0.3) is 0 Å². The summed E-state index contributed by atoms with van der Waals surface area (Å²) < 4.78 is 14.9. The number of nitrogens with one attached hydrogen (secondary N) is 1. The average Bonchev–Trinajstić information content (AvgIpc) is 3.04. The van der Waals surface area contributed by atoms with Crippen molar-refractivity contribution in [2.45, 2.75) is 13.5 Å². The van der Waals surface area contributed by atoms with E-state index in [1.165, 1.54) is 12.1 Å². The minimum absolute atomic E-state index is 0.201. The molecule has 0 aliphatic carbocycles. The van der Waals surface area contributed by atoms with E-state index in [0.717, 1.165) is 50.2 Å². The van der Waals surface area contributed by atoms with Gasteiger partial charge < -0.3 is 19.7 Å². The molecule has 0 atom stereocenters. The third-order valence-electron chi connectivity index (χ3n) is 4.28. The Kier molecular flexibility index (Phi) is 5.47. The average molecular weight is 345 g/mol. The van der Waals surface area contributed by atoms with Crippen LogP contribution < -0.4 is 10.2 Å². The zero-order valence-electron chi connectivity index (χ0n) is 14.7. The van der Waals surface area contributed by atoms with Crippen molar-refractivity contribution < 1.29 is 4.39 Å². The number of anilines is 1. The fourth-order valence-corrected chi connectivity index (χ4v) is 2.85. The van der Waals surface area contributed by atoms with Crippen LogP contribution in [0.4, 0.5) is 10.1 Å². The topological polar surface area (TPSA) is 61.6 Å². The monoisotopic (exact) mass is 345 g/mol. The minimum atomic E-state index is -0.201. The smallest absolute Gasteiger partial charge is 0.194 e.